The van der Waals surface area contributed by atoms with Crippen LogP contribution in [-0.4, -0.2) is 52.6 Å². The van der Waals surface area contributed by atoms with Crippen molar-refractivity contribution in [3.05, 3.63) is 59.2 Å². The fraction of sp³-hybridized carbons (Fsp3) is 0.304. The highest BCUT2D eigenvalue weighted by Crippen LogP contribution is 2.30. The van der Waals surface area contributed by atoms with E-state index in [1.807, 2.05) is 31.2 Å². The number of carbonyl (C=O) groups is 1. The zero-order valence-electron chi connectivity index (χ0n) is 17.6. The van der Waals surface area contributed by atoms with E-state index in [1.54, 1.807) is 19.3 Å². The van der Waals surface area contributed by atoms with Crippen LogP contribution in [0.4, 0.5) is 11.5 Å². The molecule has 4 heterocycles. The van der Waals surface area contributed by atoms with Gasteiger partial charge < -0.3 is 10.6 Å². The number of pyridine rings is 2. The number of aromatic nitrogens is 2. The fourth-order valence-electron chi connectivity index (χ4n) is 3.72. The lowest BCUT2D eigenvalue weighted by molar-refractivity contribution is 0.0958. The summed E-state index contributed by atoms with van der Waals surface area (Å²) in [6, 6.07) is 5.69. The Bertz CT molecular complexity index is 1110. The molecule has 2 aliphatic heterocycles. The number of amides is 1. The predicted molar refractivity (Wildman–Crippen MR) is 120 cm³/mol. The molecule has 2 aromatic heterocycles. The number of aliphatic imine (C=N–C) groups is 1. The maximum atomic E-state index is 11.6. The molecule has 0 aliphatic carbocycles. The van der Waals surface area contributed by atoms with Gasteiger partial charge in [-0.25, -0.2) is 14.8 Å². The van der Waals surface area contributed by atoms with Crippen LogP contribution in [0.15, 0.2) is 47.4 Å². The van der Waals surface area contributed by atoms with E-state index in [-0.39, 0.29) is 5.91 Å². The van der Waals surface area contributed by atoms with Gasteiger partial charge in [-0.15, -0.1) is 0 Å². The quantitative estimate of drug-likeness (QED) is 0.727. The molecule has 2 aromatic rings. The van der Waals surface area contributed by atoms with E-state index in [9.17, 15) is 9.59 Å². The predicted octanol–water partition coefficient (Wildman–Crippen LogP) is 2.75. The summed E-state index contributed by atoms with van der Waals surface area (Å²) in [4.78, 5) is 38.3. The summed E-state index contributed by atoms with van der Waals surface area (Å²) in [5.41, 5.74) is 5.55. The lowest BCUT2D eigenvalue weighted by atomic mass is 10.0. The van der Waals surface area contributed by atoms with Gasteiger partial charge in [-0.05, 0) is 41.7 Å². The molecule has 0 radical (unpaired) electrons. The number of nitrogens with one attached hydrogen (secondary N) is 2. The first-order valence-electron chi connectivity index (χ1n) is 10.3. The molecule has 0 spiro atoms. The van der Waals surface area contributed by atoms with Crippen molar-refractivity contribution in [1.82, 2.24) is 20.2 Å². The second-order valence-electron chi connectivity index (χ2n) is 7.45. The topological polar surface area (TPSA) is 99.6 Å². The summed E-state index contributed by atoms with van der Waals surface area (Å²) >= 11 is 0. The first kappa shape index (κ1) is 20.7. The summed E-state index contributed by atoms with van der Waals surface area (Å²) < 4.78 is 0. The maximum absolute atomic E-state index is 11.6. The minimum absolute atomic E-state index is 0.184. The van der Waals surface area contributed by atoms with E-state index < -0.39 is 0 Å². The van der Waals surface area contributed by atoms with E-state index in [0.29, 0.717) is 29.3 Å². The molecule has 1 amide bonds. The molecule has 31 heavy (non-hydrogen) atoms. The summed E-state index contributed by atoms with van der Waals surface area (Å²) in [5.74, 6) is 2.35. The number of anilines is 1. The molecular weight excluding hydrogens is 392 g/mol. The molecule has 2 aliphatic rings. The second kappa shape index (κ2) is 9.04. The van der Waals surface area contributed by atoms with Gasteiger partial charge in [-0.3, -0.25) is 14.7 Å². The Morgan fingerprint density at radius 2 is 2.16 bits per heavy atom. The van der Waals surface area contributed by atoms with Gasteiger partial charge in [-0.1, -0.05) is 19.1 Å². The first-order valence-corrected chi connectivity index (χ1v) is 10.3. The Morgan fingerprint density at radius 3 is 2.81 bits per heavy atom. The third kappa shape index (κ3) is 4.45. The highest BCUT2D eigenvalue weighted by Gasteiger charge is 2.19. The van der Waals surface area contributed by atoms with Gasteiger partial charge in [-0.2, -0.15) is 0 Å². The Labute approximate surface area is 180 Å². The van der Waals surface area contributed by atoms with Crippen molar-refractivity contribution >= 4 is 34.6 Å². The van der Waals surface area contributed by atoms with Gasteiger partial charge in [0.2, 0.25) is 0 Å². The van der Waals surface area contributed by atoms with Crippen molar-refractivity contribution in [2.75, 3.05) is 25.5 Å². The third-order valence-electron chi connectivity index (χ3n) is 5.44. The summed E-state index contributed by atoms with van der Waals surface area (Å²) in [7, 11) is 1.60. The molecule has 8 nitrogen and oxygen atoms in total. The molecule has 4 rings (SSSR count). The van der Waals surface area contributed by atoms with Crippen molar-refractivity contribution in [2.45, 2.75) is 26.3 Å². The first-order chi connectivity index (χ1) is 15.1. The van der Waals surface area contributed by atoms with E-state index >= 15 is 0 Å². The van der Waals surface area contributed by atoms with Gasteiger partial charge >= 0.3 is 0 Å². The largest absolute Gasteiger partial charge is 0.354 e. The van der Waals surface area contributed by atoms with Crippen LogP contribution in [0, 0.1) is 0 Å². The smallest absolute Gasteiger partial charge is 0.269 e. The molecule has 0 bridgehead atoms. The number of hydrogen-bond acceptors (Lipinski definition) is 7. The highest BCUT2D eigenvalue weighted by molar-refractivity contribution is 6.11. The number of carbonyl (C=O) groups excluding carboxylic acids is 2. The number of fused-ring (bicyclic) bond motifs is 1. The zero-order chi connectivity index (χ0) is 21.8. The standard InChI is InChI=1S/C23H24N6O2/c1-3-18-21(14-30)27-20-10-15(11-26-22(20)28-18)13-29-8-6-16(7-9-29)17-4-5-19(25-12-17)23(31)24-2/h4-6,10-12,27H,3,7-9,13H2,1-2H3,(H,24,31). The molecule has 8 heteroatoms. The summed E-state index contributed by atoms with van der Waals surface area (Å²) in [6.45, 7) is 4.42. The monoisotopic (exact) mass is 416 g/mol. The maximum Gasteiger partial charge on any atom is 0.269 e. The van der Waals surface area contributed by atoms with E-state index in [1.165, 1.54) is 5.57 Å². The second-order valence-corrected chi connectivity index (χ2v) is 7.45. The lowest BCUT2D eigenvalue weighted by Crippen LogP contribution is -2.28. The van der Waals surface area contributed by atoms with Crippen molar-refractivity contribution in [1.29, 1.82) is 0 Å². The molecule has 0 atom stereocenters. The van der Waals surface area contributed by atoms with E-state index in [4.69, 9.17) is 0 Å². The summed E-state index contributed by atoms with van der Waals surface area (Å²) in [6.07, 6.45) is 7.35. The van der Waals surface area contributed by atoms with Crippen molar-refractivity contribution in [2.24, 2.45) is 4.99 Å². The van der Waals surface area contributed by atoms with Crippen LogP contribution in [0.1, 0.15) is 41.4 Å². The number of nitrogens with zero attached hydrogens (tertiary/aromatic N) is 4. The van der Waals surface area contributed by atoms with Crippen LogP contribution in [-0.2, 0) is 11.3 Å². The average molecular weight is 416 g/mol. The third-order valence-corrected chi connectivity index (χ3v) is 5.44. The molecule has 0 unspecified atom stereocenters. The Morgan fingerprint density at radius 1 is 1.29 bits per heavy atom. The molecule has 2 N–H and O–H groups in total. The van der Waals surface area contributed by atoms with Gasteiger partial charge in [0.25, 0.3) is 5.91 Å². The molecule has 158 valence electrons. The van der Waals surface area contributed by atoms with Crippen molar-refractivity contribution < 1.29 is 9.59 Å². The van der Waals surface area contributed by atoms with Gasteiger partial charge in [0.15, 0.2) is 11.8 Å². The van der Waals surface area contributed by atoms with Crippen LogP contribution >= 0.6 is 0 Å². The SMILES string of the molecule is CCC1=Nc2ncc(CN3CC=C(c4ccc(C(=O)NC)nc4)CC3)cc2NC1=C=O. The van der Waals surface area contributed by atoms with Gasteiger partial charge in [0.1, 0.15) is 11.4 Å². The lowest BCUT2D eigenvalue weighted by Gasteiger charge is -2.27. The van der Waals surface area contributed by atoms with Gasteiger partial charge in [0, 0.05) is 39.1 Å². The Balaban J connectivity index is 1.42. The Kier molecular flexibility index (Phi) is 6.02. The molecule has 0 saturated heterocycles. The number of allylic oxidation sites excluding steroid dienone is 1. The minimum atomic E-state index is -0.184. The van der Waals surface area contributed by atoms with E-state index in [0.717, 1.165) is 42.9 Å². The van der Waals surface area contributed by atoms with Crippen molar-refractivity contribution in [3.63, 3.8) is 0 Å². The fourth-order valence-corrected chi connectivity index (χ4v) is 3.72. The van der Waals surface area contributed by atoms with Crippen LogP contribution in [0.5, 0.6) is 0 Å². The van der Waals surface area contributed by atoms with Crippen LogP contribution in [0.2, 0.25) is 0 Å². The molecule has 0 saturated carbocycles. The Hall–Kier alpha value is -3.61. The van der Waals surface area contributed by atoms with Crippen LogP contribution in [0.3, 0.4) is 0 Å². The van der Waals surface area contributed by atoms with Crippen molar-refractivity contribution in [3.8, 4) is 0 Å². The number of hydrogen-bond donors (Lipinski definition) is 2. The number of rotatable bonds is 5. The molecule has 0 aromatic carbocycles. The molecular formula is C23H24N6O2. The minimum Gasteiger partial charge on any atom is -0.354 e. The summed E-state index contributed by atoms with van der Waals surface area (Å²) in [5, 5.41) is 5.68. The van der Waals surface area contributed by atoms with E-state index in [2.05, 4.69) is 36.6 Å². The average Bonchev–Trinajstić information content (AvgIpc) is 2.83. The normalized spacial score (nSPS) is 15.9. The van der Waals surface area contributed by atoms with Crippen LogP contribution < -0.4 is 10.6 Å². The zero-order valence-corrected chi connectivity index (χ0v) is 17.6. The van der Waals surface area contributed by atoms with Crippen LogP contribution in [0.25, 0.3) is 5.57 Å². The molecule has 0 fully saturated rings. The van der Waals surface area contributed by atoms with Gasteiger partial charge in [0.05, 0.1) is 11.4 Å². The highest BCUT2D eigenvalue weighted by atomic mass is 16.1.